The maximum absolute atomic E-state index is 12.5. The number of aromatic nitrogens is 3. The molecule has 1 unspecified atom stereocenters. The second kappa shape index (κ2) is 6.39. The molecule has 0 aliphatic heterocycles. The molecule has 4 aromatic rings. The first-order valence-corrected chi connectivity index (χ1v) is 8.92. The Kier molecular flexibility index (Phi) is 3.74. The molecule has 6 nitrogen and oxygen atoms in total. The Morgan fingerprint density at radius 3 is 3.00 bits per heavy atom. The van der Waals surface area contributed by atoms with Crippen molar-refractivity contribution in [2.45, 2.75) is 25.3 Å². The Hall–Kier alpha value is -3.41. The number of carbonyl (C=O) groups is 1. The molecule has 3 aromatic heterocycles. The molecular formula is C21H17N3O3. The minimum absolute atomic E-state index is 0.108. The number of furan rings is 1. The third-order valence-corrected chi connectivity index (χ3v) is 5.00. The molecule has 0 saturated heterocycles. The minimum Gasteiger partial charge on any atom is -0.461 e. The third-order valence-electron chi connectivity index (χ3n) is 5.00. The largest absolute Gasteiger partial charge is 0.461 e. The molecule has 1 atom stereocenters. The highest BCUT2D eigenvalue weighted by Gasteiger charge is 2.24. The number of nitrogens with zero attached hydrogens (tertiary/aromatic N) is 3. The van der Waals surface area contributed by atoms with E-state index in [9.17, 15) is 4.79 Å². The van der Waals surface area contributed by atoms with Crippen LogP contribution in [0.4, 0.5) is 0 Å². The molecule has 1 aliphatic rings. The normalized spacial score (nSPS) is 15.8. The van der Waals surface area contributed by atoms with Gasteiger partial charge in [-0.05, 0) is 41.7 Å². The minimum atomic E-state index is -0.108. The number of fused-ring (bicyclic) bond motifs is 1. The number of carbonyl (C=O) groups excluding carboxylic acids is 1. The first-order chi connectivity index (χ1) is 13.3. The summed E-state index contributed by atoms with van der Waals surface area (Å²) in [6.45, 7) is 0. The van der Waals surface area contributed by atoms with E-state index in [2.05, 4.69) is 34.5 Å². The number of hydrogen-bond acceptors (Lipinski definition) is 5. The van der Waals surface area contributed by atoms with Crippen LogP contribution >= 0.6 is 0 Å². The Bertz CT molecular complexity index is 1090. The van der Waals surface area contributed by atoms with Crippen molar-refractivity contribution < 1.29 is 13.7 Å². The Balaban J connectivity index is 1.32. The zero-order chi connectivity index (χ0) is 18.2. The molecule has 5 rings (SSSR count). The second-order valence-corrected chi connectivity index (χ2v) is 6.74. The van der Waals surface area contributed by atoms with E-state index >= 15 is 0 Å². The van der Waals surface area contributed by atoms with Gasteiger partial charge in [-0.3, -0.25) is 9.48 Å². The second-order valence-electron chi connectivity index (χ2n) is 6.74. The number of benzene rings is 1. The highest BCUT2D eigenvalue weighted by molar-refractivity contribution is 5.96. The van der Waals surface area contributed by atoms with E-state index in [0.717, 1.165) is 18.4 Å². The summed E-state index contributed by atoms with van der Waals surface area (Å²) >= 11 is 0. The van der Waals surface area contributed by atoms with Gasteiger partial charge in [0.2, 0.25) is 5.76 Å². The van der Waals surface area contributed by atoms with Crippen LogP contribution in [0.1, 0.15) is 39.6 Å². The van der Waals surface area contributed by atoms with Crippen molar-refractivity contribution in [1.82, 2.24) is 14.9 Å². The van der Waals surface area contributed by atoms with Crippen LogP contribution < -0.4 is 0 Å². The summed E-state index contributed by atoms with van der Waals surface area (Å²) in [6, 6.07) is 13.8. The molecule has 0 amide bonds. The monoisotopic (exact) mass is 359 g/mol. The van der Waals surface area contributed by atoms with Gasteiger partial charge < -0.3 is 8.94 Å². The van der Waals surface area contributed by atoms with Crippen molar-refractivity contribution >= 4 is 5.78 Å². The van der Waals surface area contributed by atoms with E-state index in [-0.39, 0.29) is 18.2 Å². The van der Waals surface area contributed by atoms with Crippen LogP contribution in [0, 0.1) is 0 Å². The predicted molar refractivity (Wildman–Crippen MR) is 97.4 cm³/mol. The summed E-state index contributed by atoms with van der Waals surface area (Å²) in [5, 5.41) is 8.37. The number of hydrogen-bond donors (Lipinski definition) is 0. The molecule has 0 saturated carbocycles. The Morgan fingerprint density at radius 1 is 1.19 bits per heavy atom. The lowest BCUT2D eigenvalue weighted by atomic mass is 10.1. The van der Waals surface area contributed by atoms with Gasteiger partial charge in [-0.25, -0.2) is 0 Å². The highest BCUT2D eigenvalue weighted by Crippen LogP contribution is 2.33. The third kappa shape index (κ3) is 2.89. The van der Waals surface area contributed by atoms with Crippen LogP contribution in [-0.4, -0.2) is 20.7 Å². The lowest BCUT2D eigenvalue weighted by Crippen LogP contribution is -2.08. The van der Waals surface area contributed by atoms with Crippen molar-refractivity contribution in [2.24, 2.45) is 0 Å². The molecule has 1 aliphatic carbocycles. The van der Waals surface area contributed by atoms with Crippen LogP contribution in [0.5, 0.6) is 0 Å². The fourth-order valence-corrected chi connectivity index (χ4v) is 3.67. The average molecular weight is 359 g/mol. The molecule has 0 N–H and O–H groups in total. The van der Waals surface area contributed by atoms with Crippen molar-refractivity contribution in [2.75, 3.05) is 0 Å². The van der Waals surface area contributed by atoms with E-state index in [1.165, 1.54) is 11.1 Å². The topological polar surface area (TPSA) is 74.1 Å². The molecule has 27 heavy (non-hydrogen) atoms. The van der Waals surface area contributed by atoms with Crippen LogP contribution in [0.25, 0.3) is 11.5 Å². The standard InChI is InChI=1S/C21H17N3O3/c25-19(17-11-21(27-23-17)20-6-3-9-26-20)10-14-12-22-24(13-14)18-8-7-15-4-1-2-5-16(15)18/h1-6,9,11-13,18H,7-8,10H2. The summed E-state index contributed by atoms with van der Waals surface area (Å²) in [5.74, 6) is 0.888. The maximum Gasteiger partial charge on any atom is 0.202 e. The van der Waals surface area contributed by atoms with E-state index in [1.54, 1.807) is 30.7 Å². The van der Waals surface area contributed by atoms with Gasteiger partial charge in [-0.15, -0.1) is 0 Å². The van der Waals surface area contributed by atoms with Crippen molar-refractivity contribution in [3.63, 3.8) is 0 Å². The Morgan fingerprint density at radius 2 is 2.11 bits per heavy atom. The number of Topliss-reactive ketones (excluding diaryl/α,β-unsaturated/α-hetero) is 1. The lowest BCUT2D eigenvalue weighted by Gasteiger charge is -2.11. The molecule has 0 spiro atoms. The van der Waals surface area contributed by atoms with Crippen LogP contribution in [-0.2, 0) is 12.8 Å². The number of rotatable bonds is 5. The van der Waals surface area contributed by atoms with Crippen LogP contribution in [0.2, 0.25) is 0 Å². The van der Waals surface area contributed by atoms with Gasteiger partial charge in [0.15, 0.2) is 17.2 Å². The summed E-state index contributed by atoms with van der Waals surface area (Å²) in [6.07, 6.45) is 7.59. The van der Waals surface area contributed by atoms with Gasteiger partial charge in [0.1, 0.15) is 0 Å². The first-order valence-electron chi connectivity index (χ1n) is 8.92. The number of ketones is 1. The van der Waals surface area contributed by atoms with Crippen molar-refractivity contribution in [3.8, 4) is 11.5 Å². The van der Waals surface area contributed by atoms with Crippen LogP contribution in [0.3, 0.4) is 0 Å². The molecule has 1 aromatic carbocycles. The maximum atomic E-state index is 12.5. The molecule has 0 radical (unpaired) electrons. The quantitative estimate of drug-likeness (QED) is 0.502. The molecule has 3 heterocycles. The summed E-state index contributed by atoms with van der Waals surface area (Å²) < 4.78 is 12.4. The molecule has 6 heteroatoms. The first kappa shape index (κ1) is 15.8. The zero-order valence-corrected chi connectivity index (χ0v) is 14.5. The molecule has 134 valence electrons. The van der Waals surface area contributed by atoms with E-state index in [0.29, 0.717) is 17.2 Å². The van der Waals surface area contributed by atoms with Crippen molar-refractivity contribution in [1.29, 1.82) is 0 Å². The van der Waals surface area contributed by atoms with E-state index < -0.39 is 0 Å². The van der Waals surface area contributed by atoms with Crippen LogP contribution in [0.15, 0.2) is 70.1 Å². The number of aryl methyl sites for hydroxylation is 1. The van der Waals surface area contributed by atoms with Gasteiger partial charge in [0, 0.05) is 18.7 Å². The summed E-state index contributed by atoms with van der Waals surface area (Å²) in [4.78, 5) is 12.5. The highest BCUT2D eigenvalue weighted by atomic mass is 16.5. The average Bonchev–Trinajstić information content (AvgIpc) is 3.46. The lowest BCUT2D eigenvalue weighted by molar-refractivity contribution is 0.0984. The fourth-order valence-electron chi connectivity index (χ4n) is 3.67. The van der Waals surface area contributed by atoms with E-state index in [4.69, 9.17) is 8.94 Å². The zero-order valence-electron chi connectivity index (χ0n) is 14.5. The van der Waals surface area contributed by atoms with Crippen molar-refractivity contribution in [3.05, 3.63) is 83.5 Å². The van der Waals surface area contributed by atoms with Gasteiger partial charge in [-0.2, -0.15) is 5.10 Å². The van der Waals surface area contributed by atoms with Gasteiger partial charge in [0.05, 0.1) is 18.5 Å². The summed E-state index contributed by atoms with van der Waals surface area (Å²) in [7, 11) is 0. The van der Waals surface area contributed by atoms with Gasteiger partial charge >= 0.3 is 0 Å². The smallest absolute Gasteiger partial charge is 0.202 e. The summed E-state index contributed by atoms with van der Waals surface area (Å²) in [5.41, 5.74) is 3.86. The predicted octanol–water partition coefficient (Wildman–Crippen LogP) is 4.09. The molecular weight excluding hydrogens is 342 g/mol. The van der Waals surface area contributed by atoms with Gasteiger partial charge in [-0.1, -0.05) is 29.4 Å². The molecule has 0 bridgehead atoms. The molecule has 0 fully saturated rings. The SMILES string of the molecule is O=C(Cc1cnn(C2CCc3ccccc32)c1)c1cc(-c2ccco2)on1. The van der Waals surface area contributed by atoms with Gasteiger partial charge in [0.25, 0.3) is 0 Å². The van der Waals surface area contributed by atoms with E-state index in [1.807, 2.05) is 10.9 Å². The fraction of sp³-hybridized carbons (Fsp3) is 0.190. The Labute approximate surface area is 155 Å².